The van der Waals surface area contributed by atoms with Gasteiger partial charge in [-0.3, -0.25) is 0 Å². The van der Waals surface area contributed by atoms with Gasteiger partial charge in [0.15, 0.2) is 0 Å². The minimum absolute atomic E-state index is 0.368. The van der Waals surface area contributed by atoms with Gasteiger partial charge in [0.1, 0.15) is 0 Å². The van der Waals surface area contributed by atoms with Crippen LogP contribution in [0.25, 0.3) is 22.3 Å². The Labute approximate surface area is 306 Å². The van der Waals surface area contributed by atoms with Gasteiger partial charge in [0.05, 0.1) is 10.8 Å². The molecule has 8 aromatic rings. The molecule has 0 aliphatic heterocycles. The highest BCUT2D eigenvalue weighted by Gasteiger charge is 2.47. The van der Waals surface area contributed by atoms with Gasteiger partial charge in [-0.1, -0.05) is 200 Å². The van der Waals surface area contributed by atoms with Gasteiger partial charge in [0.2, 0.25) is 0 Å². The first kappa shape index (κ1) is 30.6. The molecule has 10 rings (SSSR count). The van der Waals surface area contributed by atoms with E-state index in [2.05, 4.69) is 207 Å². The molecule has 0 nitrogen and oxygen atoms in total. The summed E-state index contributed by atoms with van der Waals surface area (Å²) in [5.74, 6) is 0. The van der Waals surface area contributed by atoms with Crippen LogP contribution in [0.15, 0.2) is 200 Å². The van der Waals surface area contributed by atoms with E-state index >= 15 is 0 Å². The fourth-order valence-corrected chi connectivity index (χ4v) is 9.70. The summed E-state index contributed by atoms with van der Waals surface area (Å²) in [4.78, 5) is 0. The monoisotopic (exact) mass is 662 g/mol. The van der Waals surface area contributed by atoms with Crippen LogP contribution in [0.3, 0.4) is 0 Å². The van der Waals surface area contributed by atoms with Gasteiger partial charge in [-0.05, 0) is 96.8 Å². The summed E-state index contributed by atoms with van der Waals surface area (Å²) in [6.07, 6.45) is 0.865. The van der Waals surface area contributed by atoms with Gasteiger partial charge in [0.25, 0.3) is 0 Å². The lowest BCUT2D eigenvalue weighted by Crippen LogP contribution is -2.28. The van der Waals surface area contributed by atoms with Crippen LogP contribution in [-0.2, 0) is 17.3 Å². The topological polar surface area (TPSA) is 0 Å². The van der Waals surface area contributed by atoms with Crippen molar-refractivity contribution in [1.82, 2.24) is 0 Å². The third-order valence-electron chi connectivity index (χ3n) is 11.8. The summed E-state index contributed by atoms with van der Waals surface area (Å²) in [5, 5.41) is 0. The second kappa shape index (κ2) is 11.9. The number of fused-ring (bicyclic) bond motifs is 6. The molecular weight excluding hydrogens is 625 g/mol. The average molecular weight is 663 g/mol. The third-order valence-corrected chi connectivity index (χ3v) is 11.8. The zero-order chi connectivity index (χ0) is 34.7. The summed E-state index contributed by atoms with van der Waals surface area (Å²) < 4.78 is 0. The van der Waals surface area contributed by atoms with Crippen molar-refractivity contribution in [2.24, 2.45) is 0 Å². The van der Waals surface area contributed by atoms with Crippen molar-refractivity contribution in [2.75, 3.05) is 0 Å². The first-order valence-electron chi connectivity index (χ1n) is 18.4. The van der Waals surface area contributed by atoms with E-state index in [4.69, 9.17) is 0 Å². The molecule has 2 aliphatic carbocycles. The smallest absolute Gasteiger partial charge is 0.0622 e. The molecule has 1 atom stereocenters. The molecule has 0 spiro atoms. The van der Waals surface area contributed by atoms with Crippen molar-refractivity contribution < 1.29 is 0 Å². The number of aryl methyl sites for hydroxylation is 1. The molecular formula is C52H38. The van der Waals surface area contributed by atoms with Gasteiger partial charge in [-0.25, -0.2) is 0 Å². The maximum atomic E-state index is 2.45. The average Bonchev–Trinajstić information content (AvgIpc) is 3.68. The van der Waals surface area contributed by atoms with Crippen LogP contribution in [0.4, 0.5) is 0 Å². The minimum Gasteiger partial charge on any atom is -0.0622 e. The van der Waals surface area contributed by atoms with E-state index in [1.807, 2.05) is 0 Å². The SMILES string of the molecule is Cc1cccc2c1-c1ccccc1C2(c1ccccc1)c1ccc(Cc2ccc3c(c2)-c2ccccc2C3(c2ccccc2)c2ccccc2)cc1. The minimum atomic E-state index is -0.382. The zero-order valence-corrected chi connectivity index (χ0v) is 29.3. The number of benzene rings is 8. The molecule has 0 radical (unpaired) electrons. The summed E-state index contributed by atoms with van der Waals surface area (Å²) in [6.45, 7) is 2.25. The van der Waals surface area contributed by atoms with Crippen molar-refractivity contribution in [1.29, 1.82) is 0 Å². The van der Waals surface area contributed by atoms with Gasteiger partial charge >= 0.3 is 0 Å². The lowest BCUT2D eigenvalue weighted by molar-refractivity contribution is 0.767. The Bertz CT molecular complexity index is 2540. The summed E-state index contributed by atoms with van der Waals surface area (Å²) in [5.41, 5.74) is 19.2. The highest BCUT2D eigenvalue weighted by Crippen LogP contribution is 2.58. The first-order valence-corrected chi connectivity index (χ1v) is 18.4. The Morgan fingerprint density at radius 2 is 0.769 bits per heavy atom. The Balaban J connectivity index is 1.08. The van der Waals surface area contributed by atoms with Gasteiger partial charge in [-0.2, -0.15) is 0 Å². The molecule has 0 heterocycles. The Hall–Kier alpha value is -6.24. The highest BCUT2D eigenvalue weighted by molar-refractivity contribution is 5.88. The van der Waals surface area contributed by atoms with Gasteiger partial charge in [-0.15, -0.1) is 0 Å². The second-order valence-corrected chi connectivity index (χ2v) is 14.4. The molecule has 1 unspecified atom stereocenters. The van der Waals surface area contributed by atoms with E-state index in [1.54, 1.807) is 0 Å². The van der Waals surface area contributed by atoms with Crippen molar-refractivity contribution in [3.63, 3.8) is 0 Å². The van der Waals surface area contributed by atoms with Crippen molar-refractivity contribution in [3.05, 3.63) is 261 Å². The Kier molecular flexibility index (Phi) is 7.01. The molecule has 0 heteroatoms. The van der Waals surface area contributed by atoms with Crippen LogP contribution in [0, 0.1) is 6.92 Å². The van der Waals surface area contributed by atoms with Crippen molar-refractivity contribution in [2.45, 2.75) is 24.2 Å². The van der Waals surface area contributed by atoms with Crippen LogP contribution in [0.2, 0.25) is 0 Å². The van der Waals surface area contributed by atoms with E-state index in [-0.39, 0.29) is 10.8 Å². The van der Waals surface area contributed by atoms with Crippen LogP contribution < -0.4 is 0 Å². The van der Waals surface area contributed by atoms with Crippen LogP contribution >= 0.6 is 0 Å². The summed E-state index contributed by atoms with van der Waals surface area (Å²) in [7, 11) is 0. The lowest BCUT2D eigenvalue weighted by atomic mass is 9.67. The molecule has 0 N–H and O–H groups in total. The molecule has 0 amide bonds. The molecule has 0 fully saturated rings. The van der Waals surface area contributed by atoms with E-state index in [0.29, 0.717) is 0 Å². The van der Waals surface area contributed by atoms with E-state index in [9.17, 15) is 0 Å². The number of hydrogen-bond donors (Lipinski definition) is 0. The summed E-state index contributed by atoms with van der Waals surface area (Å²) >= 11 is 0. The third kappa shape index (κ3) is 4.28. The van der Waals surface area contributed by atoms with Gasteiger partial charge < -0.3 is 0 Å². The van der Waals surface area contributed by atoms with Crippen LogP contribution in [0.5, 0.6) is 0 Å². The Morgan fingerprint density at radius 3 is 1.38 bits per heavy atom. The summed E-state index contributed by atoms with van der Waals surface area (Å²) in [6, 6.07) is 74.7. The molecule has 246 valence electrons. The van der Waals surface area contributed by atoms with Crippen LogP contribution in [-0.4, -0.2) is 0 Å². The van der Waals surface area contributed by atoms with E-state index in [1.165, 1.54) is 83.5 Å². The van der Waals surface area contributed by atoms with Crippen molar-refractivity contribution in [3.8, 4) is 22.3 Å². The predicted molar refractivity (Wildman–Crippen MR) is 215 cm³/mol. The quantitative estimate of drug-likeness (QED) is 0.166. The normalized spacial score (nSPS) is 16.1. The lowest BCUT2D eigenvalue weighted by Gasteiger charge is -2.34. The first-order chi connectivity index (χ1) is 25.7. The molecule has 8 aromatic carbocycles. The molecule has 52 heavy (non-hydrogen) atoms. The van der Waals surface area contributed by atoms with E-state index < -0.39 is 0 Å². The molecule has 2 aliphatic rings. The second-order valence-electron chi connectivity index (χ2n) is 14.4. The maximum Gasteiger partial charge on any atom is 0.0713 e. The predicted octanol–water partition coefficient (Wildman–Crippen LogP) is 12.3. The zero-order valence-electron chi connectivity index (χ0n) is 29.3. The van der Waals surface area contributed by atoms with E-state index in [0.717, 1.165) is 6.42 Å². The standard InChI is InChI=1S/C52H38/c1-36-16-15-27-49-50(36)44-24-12-14-26-47(44)52(49,41-21-9-4-10-22-41)42-31-28-37(29-32-42)34-38-30-33-48-45(35-38)43-23-11-13-25-46(43)51(48,39-17-5-2-6-18-39)40-19-7-3-8-20-40/h2-33,35H,34H2,1H3. The molecule has 0 bridgehead atoms. The highest BCUT2D eigenvalue weighted by atomic mass is 14.5. The Morgan fingerprint density at radius 1 is 0.327 bits per heavy atom. The van der Waals surface area contributed by atoms with Crippen molar-refractivity contribution >= 4 is 0 Å². The molecule has 0 saturated heterocycles. The van der Waals surface area contributed by atoms with Crippen LogP contribution in [0.1, 0.15) is 61.2 Å². The fourth-order valence-electron chi connectivity index (χ4n) is 9.70. The molecule has 0 saturated carbocycles. The number of rotatable bonds is 6. The maximum absolute atomic E-state index is 2.45. The number of hydrogen-bond acceptors (Lipinski definition) is 0. The molecule has 0 aromatic heterocycles. The fraction of sp³-hybridized carbons (Fsp3) is 0.0769. The van der Waals surface area contributed by atoms with Gasteiger partial charge in [0, 0.05) is 0 Å². The largest absolute Gasteiger partial charge is 0.0713 e.